The Morgan fingerprint density at radius 1 is 1.39 bits per heavy atom. The first kappa shape index (κ1) is 20.6. The first-order valence-electron chi connectivity index (χ1n) is 11.0. The topological polar surface area (TPSA) is 87.5 Å². The molecule has 1 aliphatic carbocycles. The number of amides is 1. The van der Waals surface area contributed by atoms with E-state index in [-0.39, 0.29) is 36.0 Å². The number of allylic oxidation sites excluding steroid dienone is 1. The molecule has 0 bridgehead atoms. The van der Waals surface area contributed by atoms with Crippen LogP contribution in [-0.4, -0.2) is 44.7 Å². The Kier molecular flexibility index (Phi) is 5.54. The van der Waals surface area contributed by atoms with Gasteiger partial charge >= 0.3 is 0 Å². The van der Waals surface area contributed by atoms with Crippen molar-refractivity contribution in [1.29, 1.82) is 0 Å². The van der Waals surface area contributed by atoms with Gasteiger partial charge in [-0.2, -0.15) is 0 Å². The van der Waals surface area contributed by atoms with Crippen molar-refractivity contribution < 1.29 is 9.90 Å². The van der Waals surface area contributed by atoms with Crippen LogP contribution in [0.4, 0.5) is 0 Å². The van der Waals surface area contributed by atoms with Crippen molar-refractivity contribution in [3.63, 3.8) is 0 Å². The normalized spacial score (nSPS) is 27.5. The third-order valence-electron chi connectivity index (χ3n) is 6.90. The number of carbonyl (C=O) groups is 1. The lowest BCUT2D eigenvalue weighted by Crippen LogP contribution is -2.48. The van der Waals surface area contributed by atoms with Crippen LogP contribution in [0.1, 0.15) is 42.1 Å². The van der Waals surface area contributed by atoms with Crippen LogP contribution in [0.3, 0.4) is 0 Å². The van der Waals surface area contributed by atoms with Crippen LogP contribution < -0.4 is 10.9 Å². The number of pyridine rings is 1. The summed E-state index contributed by atoms with van der Waals surface area (Å²) in [6.45, 7) is 3.57. The highest BCUT2D eigenvalue weighted by Crippen LogP contribution is 2.49. The molecule has 5 rings (SSSR count). The van der Waals surface area contributed by atoms with Gasteiger partial charge in [0.25, 0.3) is 5.56 Å². The minimum Gasteiger partial charge on any atom is -0.396 e. The Balaban J connectivity index is 1.52. The molecular weight excluding hydrogens is 412 g/mol. The molecule has 0 unspecified atom stereocenters. The van der Waals surface area contributed by atoms with Gasteiger partial charge in [-0.15, -0.1) is 11.3 Å². The summed E-state index contributed by atoms with van der Waals surface area (Å²) in [6, 6.07) is 3.36. The number of hydrogen-bond donors (Lipinski definition) is 2. The Bertz CT molecular complexity index is 1040. The van der Waals surface area contributed by atoms with Crippen molar-refractivity contribution in [2.75, 3.05) is 13.2 Å². The number of aromatic nitrogens is 2. The molecular formula is C23H28N4O3S. The number of hydrogen-bond acceptors (Lipinski definition) is 6. The number of aliphatic hydroxyl groups is 1. The Morgan fingerprint density at radius 3 is 2.90 bits per heavy atom. The van der Waals surface area contributed by atoms with E-state index in [1.54, 1.807) is 17.5 Å². The van der Waals surface area contributed by atoms with Crippen molar-refractivity contribution >= 4 is 23.3 Å². The summed E-state index contributed by atoms with van der Waals surface area (Å²) < 4.78 is 1.83. The number of likely N-dealkylation sites (tertiary alicyclic amines) is 1. The number of thiazole rings is 1. The number of nitrogens with one attached hydrogen (secondary N) is 1. The molecule has 0 aromatic carbocycles. The number of fused-ring (bicyclic) bond motifs is 3. The van der Waals surface area contributed by atoms with Crippen molar-refractivity contribution in [1.82, 2.24) is 19.8 Å². The fraction of sp³-hybridized carbons (Fsp3) is 0.522. The summed E-state index contributed by atoms with van der Waals surface area (Å²) in [6.07, 6.45) is 7.82. The molecule has 2 fully saturated rings. The van der Waals surface area contributed by atoms with E-state index in [1.165, 1.54) is 12.8 Å². The molecule has 0 spiro atoms. The number of nitrogens with zero attached hydrogens (tertiary/aromatic N) is 3. The van der Waals surface area contributed by atoms with Crippen LogP contribution in [0.15, 0.2) is 34.6 Å². The molecule has 2 aromatic rings. The first-order chi connectivity index (χ1) is 15.1. The highest BCUT2D eigenvalue weighted by atomic mass is 32.1. The summed E-state index contributed by atoms with van der Waals surface area (Å²) in [5.74, 6) is 0.356. The molecule has 31 heavy (non-hydrogen) atoms. The van der Waals surface area contributed by atoms with E-state index in [1.807, 2.05) is 41.2 Å². The van der Waals surface area contributed by atoms with Crippen LogP contribution in [0, 0.1) is 17.8 Å². The maximum Gasteiger partial charge on any atom is 0.258 e. The molecule has 1 amide bonds. The van der Waals surface area contributed by atoms with E-state index in [4.69, 9.17) is 0 Å². The number of rotatable bonds is 7. The van der Waals surface area contributed by atoms with E-state index < -0.39 is 6.04 Å². The molecule has 2 aromatic heterocycles. The Morgan fingerprint density at radius 2 is 2.23 bits per heavy atom. The molecule has 1 saturated carbocycles. The molecule has 7 nitrogen and oxygen atoms in total. The van der Waals surface area contributed by atoms with Crippen molar-refractivity contribution in [2.45, 2.75) is 44.9 Å². The molecule has 0 radical (unpaired) electrons. The van der Waals surface area contributed by atoms with Crippen LogP contribution in [0.2, 0.25) is 0 Å². The van der Waals surface area contributed by atoms with E-state index in [0.717, 1.165) is 10.7 Å². The molecule has 1 saturated heterocycles. The molecule has 2 N–H and O–H groups in total. The maximum atomic E-state index is 13.3. The quantitative estimate of drug-likeness (QED) is 0.688. The fourth-order valence-corrected chi connectivity index (χ4v) is 5.89. The summed E-state index contributed by atoms with van der Waals surface area (Å²) in [5, 5.41) is 16.3. The van der Waals surface area contributed by atoms with Crippen LogP contribution in [0.5, 0.6) is 0 Å². The van der Waals surface area contributed by atoms with E-state index in [2.05, 4.69) is 15.2 Å². The van der Waals surface area contributed by atoms with Crippen LogP contribution in [0.25, 0.3) is 6.08 Å². The van der Waals surface area contributed by atoms with Crippen molar-refractivity contribution in [3.8, 4) is 0 Å². The molecule has 3 aliphatic rings. The SMILES string of the molecule is C/C=C\c1ccc2n(c1=O)C[C@@H]1[C@@H](CO)[C@H](C(=O)NCC3CC3)N(Cc3nccs3)[C@H]21. The van der Waals surface area contributed by atoms with Gasteiger partial charge in [-0.25, -0.2) is 4.98 Å². The predicted molar refractivity (Wildman–Crippen MR) is 119 cm³/mol. The van der Waals surface area contributed by atoms with Gasteiger partial charge in [0.15, 0.2) is 0 Å². The molecule has 4 heterocycles. The highest BCUT2D eigenvalue weighted by molar-refractivity contribution is 7.09. The predicted octanol–water partition coefficient (Wildman–Crippen LogP) is 2.03. The largest absolute Gasteiger partial charge is 0.396 e. The average Bonchev–Trinajstić information content (AvgIpc) is 3.18. The molecule has 164 valence electrons. The third kappa shape index (κ3) is 3.66. The Hall–Kier alpha value is -2.29. The maximum absolute atomic E-state index is 13.3. The smallest absolute Gasteiger partial charge is 0.258 e. The van der Waals surface area contributed by atoms with Crippen molar-refractivity contribution in [3.05, 3.63) is 56.4 Å². The summed E-state index contributed by atoms with van der Waals surface area (Å²) in [4.78, 5) is 32.9. The lowest BCUT2D eigenvalue weighted by atomic mass is 9.88. The van der Waals surface area contributed by atoms with Gasteiger partial charge in [0, 0.05) is 54.4 Å². The molecule has 4 atom stereocenters. The zero-order chi connectivity index (χ0) is 21.5. The van der Waals surface area contributed by atoms with Gasteiger partial charge in [0.05, 0.1) is 18.6 Å². The molecule has 8 heteroatoms. The lowest BCUT2D eigenvalue weighted by Gasteiger charge is -2.30. The minimum atomic E-state index is -0.429. The number of carbonyl (C=O) groups excluding carboxylic acids is 1. The zero-order valence-corrected chi connectivity index (χ0v) is 18.4. The third-order valence-corrected chi connectivity index (χ3v) is 7.66. The van der Waals surface area contributed by atoms with Gasteiger partial charge in [-0.05, 0) is 37.8 Å². The zero-order valence-electron chi connectivity index (χ0n) is 17.6. The van der Waals surface area contributed by atoms with Crippen molar-refractivity contribution in [2.24, 2.45) is 17.8 Å². The van der Waals surface area contributed by atoms with Crippen LogP contribution >= 0.6 is 11.3 Å². The van der Waals surface area contributed by atoms with Gasteiger partial charge in [0.1, 0.15) is 5.01 Å². The first-order valence-corrected chi connectivity index (χ1v) is 11.9. The highest BCUT2D eigenvalue weighted by Gasteiger charge is 2.55. The average molecular weight is 441 g/mol. The van der Waals surface area contributed by atoms with Crippen LogP contribution in [-0.2, 0) is 17.9 Å². The standard InChI is InChI=1S/C23H28N4O3S/c1-2-3-15-6-7-18-20-16(11-26(18)23(15)30)17(13-28)21(22(29)25-10-14-4-5-14)27(20)12-19-24-8-9-31-19/h2-3,6-9,14,16-17,20-21,28H,4-5,10-13H2,1H3,(H,25,29)/b3-2-/t16-,17-,20+,21-/m1/s1. The summed E-state index contributed by atoms with van der Waals surface area (Å²) >= 11 is 1.56. The van der Waals surface area contributed by atoms with Gasteiger partial charge < -0.3 is 15.0 Å². The summed E-state index contributed by atoms with van der Waals surface area (Å²) in [7, 11) is 0. The second kappa shape index (κ2) is 8.33. The fourth-order valence-electron chi connectivity index (χ4n) is 5.27. The van der Waals surface area contributed by atoms with Gasteiger partial charge in [0.2, 0.25) is 5.91 Å². The molecule has 2 aliphatic heterocycles. The van der Waals surface area contributed by atoms with E-state index >= 15 is 0 Å². The monoisotopic (exact) mass is 440 g/mol. The second-order valence-electron chi connectivity index (χ2n) is 8.82. The number of aliphatic hydroxyl groups excluding tert-OH is 1. The van der Waals surface area contributed by atoms with E-state index in [9.17, 15) is 14.7 Å². The lowest BCUT2D eigenvalue weighted by molar-refractivity contribution is -0.128. The Labute approximate surface area is 185 Å². The van der Waals surface area contributed by atoms with Gasteiger partial charge in [-0.1, -0.05) is 12.2 Å². The summed E-state index contributed by atoms with van der Waals surface area (Å²) in [5.41, 5.74) is 1.58. The second-order valence-corrected chi connectivity index (χ2v) is 9.80. The van der Waals surface area contributed by atoms with Gasteiger partial charge in [-0.3, -0.25) is 14.5 Å². The van der Waals surface area contributed by atoms with E-state index in [0.29, 0.717) is 31.1 Å². The minimum absolute atomic E-state index is 0.00868.